The monoisotopic (exact) mass is 228 g/mol. The van der Waals surface area contributed by atoms with E-state index in [1.54, 1.807) is 6.08 Å². The number of hydrogen-bond acceptors (Lipinski definition) is 0. The Morgan fingerprint density at radius 2 is 1.59 bits per heavy atom. The Hall–Kier alpha value is -1.56. The van der Waals surface area contributed by atoms with Crippen LogP contribution >= 0.6 is 0 Å². The molecule has 0 N–H and O–H groups in total. The van der Waals surface area contributed by atoms with E-state index in [1.165, 1.54) is 22.3 Å². The van der Waals surface area contributed by atoms with Crippen molar-refractivity contribution >= 4 is 5.57 Å². The quantitative estimate of drug-likeness (QED) is 0.601. The molecular weight excluding hydrogens is 204 g/mol. The van der Waals surface area contributed by atoms with Crippen molar-refractivity contribution in [2.75, 3.05) is 0 Å². The van der Waals surface area contributed by atoms with Gasteiger partial charge in [-0.05, 0) is 31.9 Å². The van der Waals surface area contributed by atoms with Crippen LogP contribution in [0.5, 0.6) is 0 Å². The van der Waals surface area contributed by atoms with Gasteiger partial charge in [-0.15, -0.1) is 0 Å². The van der Waals surface area contributed by atoms with Crippen LogP contribution in [0.1, 0.15) is 37.5 Å². The lowest BCUT2D eigenvalue weighted by atomic mass is 10.0. The summed E-state index contributed by atoms with van der Waals surface area (Å²) in [7, 11) is 0. The maximum atomic E-state index is 3.68. The minimum Gasteiger partial charge on any atom is -0.0991 e. The third kappa shape index (κ3) is 5.35. The molecule has 1 rings (SSSR count). The fourth-order valence-corrected chi connectivity index (χ4v) is 1.67. The van der Waals surface area contributed by atoms with Gasteiger partial charge in [-0.25, -0.2) is 0 Å². The van der Waals surface area contributed by atoms with Crippen molar-refractivity contribution in [3.63, 3.8) is 0 Å². The molecule has 0 fully saturated rings. The van der Waals surface area contributed by atoms with Gasteiger partial charge in [-0.1, -0.05) is 74.1 Å². The van der Waals surface area contributed by atoms with E-state index in [-0.39, 0.29) is 0 Å². The molecule has 0 aliphatic heterocycles. The van der Waals surface area contributed by atoms with Crippen LogP contribution in [-0.2, 0) is 0 Å². The number of hydrogen-bond donors (Lipinski definition) is 0. The summed E-state index contributed by atoms with van der Waals surface area (Å²) in [6.45, 7) is 14.0. The molecule has 0 radical (unpaired) electrons. The molecule has 0 saturated heterocycles. The predicted molar refractivity (Wildman–Crippen MR) is 80.3 cm³/mol. The van der Waals surface area contributed by atoms with Gasteiger partial charge in [0, 0.05) is 0 Å². The molecule has 0 heterocycles. The summed E-state index contributed by atoms with van der Waals surface area (Å²) < 4.78 is 0. The van der Waals surface area contributed by atoms with Crippen molar-refractivity contribution in [2.24, 2.45) is 0 Å². The van der Waals surface area contributed by atoms with E-state index in [0.717, 1.165) is 0 Å². The maximum Gasteiger partial charge on any atom is -0.0182 e. The third-order valence-electron chi connectivity index (χ3n) is 2.28. The molecule has 1 aromatic carbocycles. The molecule has 0 aromatic heterocycles. The molecule has 92 valence electrons. The predicted octanol–water partition coefficient (Wildman–Crippen LogP) is 5.48. The first-order chi connectivity index (χ1) is 8.17. The molecule has 17 heavy (non-hydrogen) atoms. The highest BCUT2D eigenvalue weighted by Gasteiger charge is 1.98. The maximum absolute atomic E-state index is 3.68. The molecule has 0 spiro atoms. The second kappa shape index (κ2) is 8.58. The molecule has 0 bridgehead atoms. The van der Waals surface area contributed by atoms with Crippen molar-refractivity contribution in [2.45, 2.75) is 34.6 Å². The number of rotatable bonds is 3. The van der Waals surface area contributed by atoms with Gasteiger partial charge in [0.1, 0.15) is 0 Å². The topological polar surface area (TPSA) is 0 Å². The summed E-state index contributed by atoms with van der Waals surface area (Å²) >= 11 is 0. The molecule has 1 aromatic rings. The van der Waals surface area contributed by atoms with Gasteiger partial charge in [0.25, 0.3) is 0 Å². The van der Waals surface area contributed by atoms with E-state index < -0.39 is 0 Å². The Morgan fingerprint density at radius 3 is 2.00 bits per heavy atom. The van der Waals surface area contributed by atoms with Crippen molar-refractivity contribution in [1.29, 1.82) is 0 Å². The van der Waals surface area contributed by atoms with Gasteiger partial charge in [0.2, 0.25) is 0 Å². The number of benzene rings is 1. The van der Waals surface area contributed by atoms with Crippen LogP contribution in [-0.4, -0.2) is 0 Å². The second-order valence-corrected chi connectivity index (χ2v) is 3.72. The summed E-state index contributed by atoms with van der Waals surface area (Å²) in [6, 6.07) is 6.60. The van der Waals surface area contributed by atoms with Gasteiger partial charge >= 0.3 is 0 Å². The molecule has 0 aliphatic rings. The first-order valence-corrected chi connectivity index (χ1v) is 6.21. The highest BCUT2D eigenvalue weighted by atomic mass is 14.0. The molecular formula is C17H24. The normalized spacial score (nSPS) is 11.0. The largest absolute Gasteiger partial charge is 0.0991 e. The summed E-state index contributed by atoms with van der Waals surface area (Å²) in [6.07, 6.45) is 7.97. The average Bonchev–Trinajstić information content (AvgIpc) is 2.31. The van der Waals surface area contributed by atoms with Crippen LogP contribution in [0, 0.1) is 13.8 Å². The average molecular weight is 228 g/mol. The molecule has 0 heteroatoms. The first kappa shape index (κ1) is 15.4. The Labute approximate surface area is 106 Å². The van der Waals surface area contributed by atoms with Crippen LogP contribution in [0.4, 0.5) is 0 Å². The van der Waals surface area contributed by atoms with E-state index in [1.807, 2.05) is 19.9 Å². The standard InChI is InChI=1S/C15H18.C2H6/c1-5-7-8-14(6-2)15-10-12(3)9-13(4)11-15;1-2/h5-11H,1H2,2-4H3;1-2H3/b8-7-,14-6+;. The smallest absolute Gasteiger partial charge is 0.0182 e. The van der Waals surface area contributed by atoms with E-state index in [2.05, 4.69) is 57.7 Å². The van der Waals surface area contributed by atoms with E-state index in [9.17, 15) is 0 Å². The van der Waals surface area contributed by atoms with Gasteiger partial charge in [-0.2, -0.15) is 0 Å². The SMILES string of the molecule is C=C/C=C\C(=C/C)c1cc(C)cc(C)c1.CC. The summed E-state index contributed by atoms with van der Waals surface area (Å²) in [5.41, 5.74) is 5.11. The van der Waals surface area contributed by atoms with Crippen LogP contribution in [0.15, 0.2) is 49.1 Å². The minimum absolute atomic E-state index is 1.24. The zero-order valence-corrected chi connectivity index (χ0v) is 11.7. The Kier molecular flexibility index (Phi) is 7.79. The summed E-state index contributed by atoms with van der Waals surface area (Å²) in [4.78, 5) is 0. The molecule has 0 aliphatic carbocycles. The molecule has 0 nitrogen and oxygen atoms in total. The zero-order valence-electron chi connectivity index (χ0n) is 11.7. The van der Waals surface area contributed by atoms with Crippen LogP contribution in [0.25, 0.3) is 5.57 Å². The Morgan fingerprint density at radius 1 is 1.06 bits per heavy atom. The fourth-order valence-electron chi connectivity index (χ4n) is 1.67. The number of aryl methyl sites for hydroxylation is 2. The number of allylic oxidation sites excluding steroid dienone is 5. The molecule has 0 unspecified atom stereocenters. The van der Waals surface area contributed by atoms with Crippen molar-refractivity contribution < 1.29 is 0 Å². The summed E-state index contributed by atoms with van der Waals surface area (Å²) in [5, 5.41) is 0. The van der Waals surface area contributed by atoms with E-state index in [4.69, 9.17) is 0 Å². The highest BCUT2D eigenvalue weighted by molar-refractivity contribution is 5.74. The van der Waals surface area contributed by atoms with Gasteiger partial charge < -0.3 is 0 Å². The van der Waals surface area contributed by atoms with Crippen LogP contribution in [0.2, 0.25) is 0 Å². The third-order valence-corrected chi connectivity index (χ3v) is 2.28. The minimum atomic E-state index is 1.24. The van der Waals surface area contributed by atoms with Gasteiger partial charge in [0.05, 0.1) is 0 Å². The Balaban J connectivity index is 0.00000121. The fraction of sp³-hybridized carbons (Fsp3) is 0.294. The molecule has 0 saturated carbocycles. The molecule has 0 amide bonds. The van der Waals surface area contributed by atoms with E-state index in [0.29, 0.717) is 0 Å². The van der Waals surface area contributed by atoms with E-state index >= 15 is 0 Å². The van der Waals surface area contributed by atoms with Gasteiger partial charge in [0.15, 0.2) is 0 Å². The van der Waals surface area contributed by atoms with Crippen LogP contribution < -0.4 is 0 Å². The van der Waals surface area contributed by atoms with Crippen molar-refractivity contribution in [1.82, 2.24) is 0 Å². The molecule has 0 atom stereocenters. The summed E-state index contributed by atoms with van der Waals surface area (Å²) in [5.74, 6) is 0. The first-order valence-electron chi connectivity index (χ1n) is 6.21. The van der Waals surface area contributed by atoms with Gasteiger partial charge in [-0.3, -0.25) is 0 Å². The lowest BCUT2D eigenvalue weighted by molar-refractivity contribution is 1.36. The second-order valence-electron chi connectivity index (χ2n) is 3.72. The van der Waals surface area contributed by atoms with Crippen LogP contribution in [0.3, 0.4) is 0 Å². The Bertz CT molecular complexity index is 386. The zero-order chi connectivity index (χ0) is 13.3. The van der Waals surface area contributed by atoms with Crippen molar-refractivity contribution in [3.05, 3.63) is 65.8 Å². The lowest BCUT2D eigenvalue weighted by Gasteiger charge is -2.05. The lowest BCUT2D eigenvalue weighted by Crippen LogP contribution is -1.85. The van der Waals surface area contributed by atoms with Crippen molar-refractivity contribution in [3.8, 4) is 0 Å². The highest BCUT2D eigenvalue weighted by Crippen LogP contribution is 2.19.